The zero-order valence-corrected chi connectivity index (χ0v) is 29.3. The van der Waals surface area contributed by atoms with Crippen molar-refractivity contribution in [1.82, 2.24) is 9.80 Å². The van der Waals surface area contributed by atoms with E-state index in [9.17, 15) is 9.59 Å². The Hall–Kier alpha value is -2.70. The van der Waals surface area contributed by atoms with Gasteiger partial charge in [0.1, 0.15) is 13.2 Å². The van der Waals surface area contributed by atoms with Crippen molar-refractivity contribution in [3.63, 3.8) is 0 Å². The van der Waals surface area contributed by atoms with Crippen molar-refractivity contribution < 1.29 is 19.1 Å². The number of benzene rings is 2. The Bertz CT molecular complexity index is 1140. The lowest BCUT2D eigenvalue weighted by atomic mass is 9.76. The standard InChI is InChI=1S/C39H58N2O4/c1-35(2)21-15-22-36(3,4)40(35)25-27-44-33(42)39(29-31-17-11-9-12-18-31,30-32-19-13-10-14-20-32)34(43)45-28-26-41-37(5,6)23-16-24-38(41,7)8/h9-14,17-20H,15-16,21-30H2,1-8H3. The van der Waals surface area contributed by atoms with Crippen LogP contribution in [0.15, 0.2) is 60.7 Å². The van der Waals surface area contributed by atoms with Crippen LogP contribution >= 0.6 is 0 Å². The van der Waals surface area contributed by atoms with E-state index in [2.05, 4.69) is 65.2 Å². The fourth-order valence-corrected chi connectivity index (χ4v) is 8.36. The number of nitrogens with zero attached hydrogens (tertiary/aromatic N) is 2. The lowest BCUT2D eigenvalue weighted by molar-refractivity contribution is -0.175. The topological polar surface area (TPSA) is 59.1 Å². The molecule has 0 aliphatic carbocycles. The van der Waals surface area contributed by atoms with Crippen LogP contribution in [0.2, 0.25) is 0 Å². The number of ether oxygens (including phenoxy) is 2. The maximum absolute atomic E-state index is 14.4. The van der Waals surface area contributed by atoms with Gasteiger partial charge in [-0.05, 0) is 118 Å². The van der Waals surface area contributed by atoms with Crippen molar-refractivity contribution in [2.75, 3.05) is 26.3 Å². The Morgan fingerprint density at radius 3 is 1.20 bits per heavy atom. The van der Waals surface area contributed by atoms with Gasteiger partial charge in [0, 0.05) is 35.2 Å². The minimum Gasteiger partial charge on any atom is -0.463 e. The number of carbonyl (C=O) groups excluding carboxylic acids is 2. The largest absolute Gasteiger partial charge is 0.463 e. The predicted octanol–water partition coefficient (Wildman–Crippen LogP) is 7.63. The Morgan fingerprint density at radius 2 is 0.889 bits per heavy atom. The third-order valence-corrected chi connectivity index (χ3v) is 10.7. The second-order valence-corrected chi connectivity index (χ2v) is 15.9. The van der Waals surface area contributed by atoms with Gasteiger partial charge >= 0.3 is 11.9 Å². The molecule has 2 aromatic carbocycles. The first-order valence-corrected chi connectivity index (χ1v) is 17.1. The van der Waals surface area contributed by atoms with Gasteiger partial charge in [0.05, 0.1) is 0 Å². The van der Waals surface area contributed by atoms with Crippen molar-refractivity contribution in [2.24, 2.45) is 5.41 Å². The number of piperidine rings is 2. The van der Waals surface area contributed by atoms with Gasteiger partial charge in [-0.2, -0.15) is 0 Å². The Labute approximate surface area is 272 Å². The highest BCUT2D eigenvalue weighted by atomic mass is 16.6. The van der Waals surface area contributed by atoms with Gasteiger partial charge in [-0.1, -0.05) is 60.7 Å². The minimum absolute atomic E-state index is 0.00819. The molecule has 2 aromatic rings. The van der Waals surface area contributed by atoms with E-state index in [4.69, 9.17) is 9.47 Å². The molecule has 0 spiro atoms. The van der Waals surface area contributed by atoms with Crippen molar-refractivity contribution in [2.45, 2.75) is 129 Å². The molecule has 6 nitrogen and oxygen atoms in total. The van der Waals surface area contributed by atoms with Crippen LogP contribution in [0.1, 0.15) is 105 Å². The van der Waals surface area contributed by atoms with E-state index < -0.39 is 17.4 Å². The molecule has 0 amide bonds. The third kappa shape index (κ3) is 8.37. The molecule has 6 heteroatoms. The van der Waals surface area contributed by atoms with Crippen LogP contribution in [0, 0.1) is 5.41 Å². The van der Waals surface area contributed by atoms with Crippen molar-refractivity contribution in [1.29, 1.82) is 0 Å². The molecule has 0 N–H and O–H groups in total. The molecule has 0 saturated carbocycles. The molecule has 2 saturated heterocycles. The van der Waals surface area contributed by atoms with Crippen LogP contribution in [-0.2, 0) is 31.9 Å². The van der Waals surface area contributed by atoms with Gasteiger partial charge in [0.2, 0.25) is 0 Å². The summed E-state index contributed by atoms with van der Waals surface area (Å²) in [6, 6.07) is 19.6. The smallest absolute Gasteiger partial charge is 0.324 e. The van der Waals surface area contributed by atoms with Gasteiger partial charge < -0.3 is 9.47 Å². The van der Waals surface area contributed by atoms with Crippen LogP contribution in [0.25, 0.3) is 0 Å². The summed E-state index contributed by atoms with van der Waals surface area (Å²) in [7, 11) is 0. The van der Waals surface area contributed by atoms with Gasteiger partial charge in [0.15, 0.2) is 5.41 Å². The van der Waals surface area contributed by atoms with Crippen molar-refractivity contribution in [3.05, 3.63) is 71.8 Å². The Kier molecular flexibility index (Phi) is 10.9. The number of hydrogen-bond acceptors (Lipinski definition) is 6. The van der Waals surface area contributed by atoms with E-state index in [1.807, 2.05) is 60.7 Å². The third-order valence-electron chi connectivity index (χ3n) is 10.7. The molecule has 0 bridgehead atoms. The molecule has 0 radical (unpaired) electrons. The molecule has 248 valence electrons. The number of esters is 2. The zero-order valence-electron chi connectivity index (χ0n) is 29.3. The summed E-state index contributed by atoms with van der Waals surface area (Å²) in [6.07, 6.45) is 7.21. The Balaban J connectivity index is 1.60. The normalized spacial score (nSPS) is 21.2. The molecule has 2 aliphatic heterocycles. The summed E-state index contributed by atoms with van der Waals surface area (Å²) in [4.78, 5) is 33.7. The summed E-state index contributed by atoms with van der Waals surface area (Å²) in [5.74, 6) is -1.02. The maximum atomic E-state index is 14.4. The van der Waals surface area contributed by atoms with E-state index in [0.29, 0.717) is 13.1 Å². The number of rotatable bonds is 12. The Morgan fingerprint density at radius 1 is 0.578 bits per heavy atom. The van der Waals surface area contributed by atoms with E-state index in [0.717, 1.165) is 36.8 Å². The van der Waals surface area contributed by atoms with E-state index in [1.54, 1.807) is 0 Å². The lowest BCUT2D eigenvalue weighted by Gasteiger charge is -2.53. The molecule has 2 aliphatic rings. The second kappa shape index (κ2) is 14.0. The monoisotopic (exact) mass is 618 g/mol. The summed E-state index contributed by atoms with van der Waals surface area (Å²) in [5.41, 5.74) is 0.325. The first-order valence-electron chi connectivity index (χ1n) is 17.1. The molecular formula is C39H58N2O4. The van der Waals surface area contributed by atoms with Crippen LogP contribution in [0.5, 0.6) is 0 Å². The average Bonchev–Trinajstić information content (AvgIpc) is 2.95. The van der Waals surface area contributed by atoms with Gasteiger partial charge in [0.25, 0.3) is 0 Å². The van der Waals surface area contributed by atoms with E-state index >= 15 is 0 Å². The van der Waals surface area contributed by atoms with Gasteiger partial charge in [-0.3, -0.25) is 19.4 Å². The highest BCUT2D eigenvalue weighted by Crippen LogP contribution is 2.39. The molecule has 4 rings (SSSR count). The van der Waals surface area contributed by atoms with Gasteiger partial charge in [-0.25, -0.2) is 0 Å². The molecule has 0 aromatic heterocycles. The molecule has 0 atom stereocenters. The van der Waals surface area contributed by atoms with E-state index in [-0.39, 0.29) is 48.2 Å². The molecule has 0 unspecified atom stereocenters. The lowest BCUT2D eigenvalue weighted by Crippen LogP contribution is -2.59. The highest BCUT2D eigenvalue weighted by Gasteiger charge is 2.50. The SMILES string of the molecule is CC1(C)CCCC(C)(C)N1CCOC(=O)C(Cc1ccccc1)(Cc1ccccc1)C(=O)OCCN1C(C)(C)CCCC1(C)C. The van der Waals surface area contributed by atoms with E-state index in [1.165, 1.54) is 12.8 Å². The molecule has 45 heavy (non-hydrogen) atoms. The van der Waals surface area contributed by atoms with Crippen molar-refractivity contribution in [3.8, 4) is 0 Å². The summed E-state index contributed by atoms with van der Waals surface area (Å²) in [5, 5.41) is 0. The number of likely N-dealkylation sites (tertiary alicyclic amines) is 2. The fourth-order valence-electron chi connectivity index (χ4n) is 8.36. The minimum atomic E-state index is -1.51. The summed E-state index contributed by atoms with van der Waals surface area (Å²) in [6.45, 7) is 19.8. The summed E-state index contributed by atoms with van der Waals surface area (Å²) >= 11 is 0. The average molecular weight is 619 g/mol. The first kappa shape index (κ1) is 35.2. The van der Waals surface area contributed by atoms with Gasteiger partial charge in [-0.15, -0.1) is 0 Å². The zero-order chi connectivity index (χ0) is 32.9. The quantitative estimate of drug-likeness (QED) is 0.180. The molecule has 2 fully saturated rings. The highest BCUT2D eigenvalue weighted by molar-refractivity contribution is 6.00. The molecule has 2 heterocycles. The van der Waals surface area contributed by atoms with Crippen LogP contribution in [0.3, 0.4) is 0 Å². The maximum Gasteiger partial charge on any atom is 0.324 e. The fraction of sp³-hybridized carbons (Fsp3) is 0.641. The second-order valence-electron chi connectivity index (χ2n) is 15.9. The number of hydrogen-bond donors (Lipinski definition) is 0. The van der Waals surface area contributed by atoms with Crippen LogP contribution in [0.4, 0.5) is 0 Å². The van der Waals surface area contributed by atoms with Crippen LogP contribution < -0.4 is 0 Å². The number of carbonyl (C=O) groups is 2. The summed E-state index contributed by atoms with van der Waals surface area (Å²) < 4.78 is 12.3. The molecular weight excluding hydrogens is 560 g/mol. The first-order chi connectivity index (χ1) is 21.1. The van der Waals surface area contributed by atoms with Crippen molar-refractivity contribution >= 4 is 11.9 Å². The van der Waals surface area contributed by atoms with Crippen LogP contribution in [-0.4, -0.2) is 70.2 Å². The predicted molar refractivity (Wildman–Crippen MR) is 182 cm³/mol.